The van der Waals surface area contributed by atoms with Crippen LogP contribution in [0.3, 0.4) is 0 Å². The summed E-state index contributed by atoms with van der Waals surface area (Å²) in [4.78, 5) is 0. The van der Waals surface area contributed by atoms with E-state index in [0.29, 0.717) is 0 Å². The van der Waals surface area contributed by atoms with Gasteiger partial charge in [-0.15, -0.1) is 12.4 Å². The van der Waals surface area contributed by atoms with Gasteiger partial charge in [-0.05, 0) is 0 Å². The topological polar surface area (TPSA) is 175 Å². The molecule has 1 radical (unpaired) electrons. The second-order valence-electron chi connectivity index (χ2n) is 0. The molecule has 6 nitrogen and oxygen atoms in total. The van der Waals surface area contributed by atoms with Crippen LogP contribution in [0.15, 0.2) is 0 Å². The molecule has 8 heteroatoms. The van der Waals surface area contributed by atoms with E-state index in [4.69, 9.17) is 3.08 Å². The Labute approximate surface area is 65.7 Å². The van der Waals surface area contributed by atoms with E-state index >= 15 is 0 Å². The van der Waals surface area contributed by atoms with Crippen LogP contribution in [0.2, 0.25) is 0 Å². The van der Waals surface area contributed by atoms with Gasteiger partial charge in [0, 0.05) is 0 Å². The van der Waals surface area contributed by atoms with E-state index in [0.717, 1.165) is 0 Å². The third-order valence-electron chi connectivity index (χ3n) is 0. The van der Waals surface area contributed by atoms with Gasteiger partial charge in [-0.2, -0.15) is 0 Å². The Morgan fingerprint density at radius 3 is 0.625 bits per heavy atom. The van der Waals surface area contributed by atoms with E-state index < -0.39 is 0 Å². The van der Waals surface area contributed by atoms with E-state index in [1.807, 2.05) is 0 Å². The molecular formula is H12ClO6Sn. The number of rotatable bonds is 0. The molecule has 0 aromatic heterocycles. The second-order valence-corrected chi connectivity index (χ2v) is 0. The molecule has 0 aliphatic rings. The molecule has 8 heavy (non-hydrogen) atoms. The monoisotopic (exact) mass is 263 g/mol. The average molecular weight is 262 g/mol. The van der Waals surface area contributed by atoms with Crippen LogP contribution in [0, 0.1) is 0 Å². The first-order valence-corrected chi connectivity index (χ1v) is 1.58. The Morgan fingerprint density at radius 2 is 0.625 bits per heavy atom. The fraction of sp³-hybridized carbons (Fsp3) is 0. The fourth-order valence-corrected chi connectivity index (χ4v) is 0. The fourth-order valence-electron chi connectivity index (χ4n) is 0. The van der Waals surface area contributed by atoms with Crippen LogP contribution in [0.1, 0.15) is 0 Å². The molecule has 59 valence electrons. The summed E-state index contributed by atoms with van der Waals surface area (Å²) in [6.45, 7) is 0. The molecule has 0 atom stereocenters. The third kappa shape index (κ3) is 456. The van der Waals surface area contributed by atoms with Crippen molar-refractivity contribution in [2.75, 3.05) is 0 Å². The van der Waals surface area contributed by atoms with Crippen LogP contribution in [-0.2, 0) is 3.08 Å². The molecule has 0 bridgehead atoms. The van der Waals surface area contributed by atoms with Crippen molar-refractivity contribution in [2.24, 2.45) is 0 Å². The van der Waals surface area contributed by atoms with Crippen molar-refractivity contribution in [1.82, 2.24) is 0 Å². The van der Waals surface area contributed by atoms with Gasteiger partial charge in [0.05, 0.1) is 0 Å². The second kappa shape index (κ2) is 725. The van der Waals surface area contributed by atoms with E-state index in [1.165, 1.54) is 0 Å². The van der Waals surface area contributed by atoms with Crippen LogP contribution in [0.4, 0.5) is 0 Å². The van der Waals surface area contributed by atoms with Gasteiger partial charge >= 0.3 is 25.6 Å². The quantitative estimate of drug-likeness (QED) is 0.393. The zero-order chi connectivity index (χ0) is 2.00. The van der Waals surface area contributed by atoms with Crippen molar-refractivity contribution in [3.63, 3.8) is 0 Å². The molecule has 0 spiro atoms. The van der Waals surface area contributed by atoms with Crippen molar-refractivity contribution in [3.05, 3.63) is 0 Å². The number of halogens is 1. The minimum absolute atomic E-state index is 0. The van der Waals surface area contributed by atoms with E-state index in [9.17, 15) is 0 Å². The summed E-state index contributed by atoms with van der Waals surface area (Å²) in [7, 11) is 0. The molecule has 0 fully saturated rings. The standard InChI is InChI=1S/ClH.5H2O.O.Sn.H/h1H;5*1H2;;;. The molecular weight excluding hydrogens is 250 g/mol. The molecule has 0 aromatic rings. The van der Waals surface area contributed by atoms with Gasteiger partial charge in [-0.1, -0.05) is 0 Å². The maximum absolute atomic E-state index is 8.38. The van der Waals surface area contributed by atoms with Gasteiger partial charge in [-0.3, -0.25) is 0 Å². The molecule has 0 saturated heterocycles. The summed E-state index contributed by atoms with van der Waals surface area (Å²) in [5.74, 6) is 0. The molecule has 0 heterocycles. The van der Waals surface area contributed by atoms with Gasteiger partial charge in [0.1, 0.15) is 0 Å². The summed E-state index contributed by atoms with van der Waals surface area (Å²) in [5, 5.41) is 0. The first-order chi connectivity index (χ1) is 1.00. The molecule has 0 aromatic carbocycles. The maximum atomic E-state index is 8.38. The molecule has 0 unspecified atom stereocenters. The van der Waals surface area contributed by atoms with E-state index in [-0.39, 0.29) is 62.3 Å². The van der Waals surface area contributed by atoms with Gasteiger partial charge in [0.2, 0.25) is 0 Å². The van der Waals surface area contributed by atoms with Crippen molar-refractivity contribution in [1.29, 1.82) is 0 Å². The molecule has 0 aliphatic carbocycles. The molecule has 0 saturated carbocycles. The molecule has 0 rings (SSSR count). The summed E-state index contributed by atoms with van der Waals surface area (Å²) < 4.78 is 8.38. The van der Waals surface area contributed by atoms with Crippen LogP contribution < -0.4 is 0 Å². The Bertz CT molecular complexity index is 8.49. The van der Waals surface area contributed by atoms with Gasteiger partial charge in [0.15, 0.2) is 0 Å². The normalized spacial score (nSPS) is 0.500. The summed E-state index contributed by atoms with van der Waals surface area (Å²) in [5.41, 5.74) is 0. The first-order valence-electron chi connectivity index (χ1n) is 0.236. The predicted octanol–water partition coefficient (Wildman–Crippen LogP) is -4.47. The van der Waals surface area contributed by atoms with Crippen LogP contribution in [0.5, 0.6) is 0 Å². The molecule has 0 amide bonds. The summed E-state index contributed by atoms with van der Waals surface area (Å²) in [6.07, 6.45) is 0. The van der Waals surface area contributed by atoms with E-state index in [2.05, 4.69) is 0 Å². The molecule has 10 N–H and O–H groups in total. The first kappa shape index (κ1) is 180. The third-order valence-corrected chi connectivity index (χ3v) is 0. The Morgan fingerprint density at radius 1 is 0.625 bits per heavy atom. The Balaban J connectivity index is -0.000000000333. The Kier molecular flexibility index (Phi) is 16300. The van der Waals surface area contributed by atoms with Gasteiger partial charge < -0.3 is 27.4 Å². The van der Waals surface area contributed by atoms with Gasteiger partial charge in [-0.25, -0.2) is 0 Å². The predicted molar refractivity (Wildman–Crippen MR) is 33.2 cm³/mol. The molecule has 0 aliphatic heterocycles. The van der Waals surface area contributed by atoms with E-state index in [1.54, 1.807) is 0 Å². The minimum atomic E-state index is 0. The Hall–Kier alpha value is 0.689. The van der Waals surface area contributed by atoms with Crippen LogP contribution >= 0.6 is 12.4 Å². The number of hydrogen-bond acceptors (Lipinski definition) is 1. The zero-order valence-electron chi connectivity index (χ0n) is 3.89. The van der Waals surface area contributed by atoms with Crippen molar-refractivity contribution < 1.29 is 30.5 Å². The number of hydrogen-bond donors (Lipinski definition) is 0. The SMILES string of the molecule is Cl.O.O.O.O.O.[O]=[SnH]. The summed E-state index contributed by atoms with van der Waals surface area (Å²) >= 11 is 0.100. The van der Waals surface area contributed by atoms with Gasteiger partial charge in [0.25, 0.3) is 0 Å². The summed E-state index contributed by atoms with van der Waals surface area (Å²) in [6, 6.07) is 0. The van der Waals surface area contributed by atoms with Crippen molar-refractivity contribution in [2.45, 2.75) is 0 Å². The van der Waals surface area contributed by atoms with Crippen LogP contribution in [0.25, 0.3) is 0 Å². The van der Waals surface area contributed by atoms with Crippen molar-refractivity contribution in [3.8, 4) is 0 Å². The average Bonchev–Trinajstić information content (AvgIpc) is 1.00. The van der Waals surface area contributed by atoms with Crippen LogP contribution in [-0.4, -0.2) is 49.9 Å². The zero-order valence-corrected chi connectivity index (χ0v) is 8.01. The van der Waals surface area contributed by atoms with Crippen molar-refractivity contribution >= 4 is 34.9 Å².